The van der Waals surface area contributed by atoms with Crippen molar-refractivity contribution in [2.75, 3.05) is 14.2 Å². The second-order valence-corrected chi connectivity index (χ2v) is 35.0. The number of piperidine rings is 3. The van der Waals surface area contributed by atoms with Gasteiger partial charge in [0.15, 0.2) is 11.4 Å². The molecule has 9 fully saturated rings. The van der Waals surface area contributed by atoms with Gasteiger partial charge in [0, 0.05) is 107 Å². The predicted molar refractivity (Wildman–Crippen MR) is 481 cm³/mol. The summed E-state index contributed by atoms with van der Waals surface area (Å²) in [7, 11) is 2.64. The van der Waals surface area contributed by atoms with Crippen LogP contribution in [0.15, 0.2) is 142 Å². The standard InChI is InChI=1S/C32H39N5O4.C31H37N5O4.C24H31N3O3.C8H10N2O2.ClH.F2.FH.Na.H2O/c1-41-32(40)21-13-14-22(33-19-21)20-34-30(38)29-31(39)37(28-12-8-7-11-27(28)35-29)26-17-24-15-16-25(18-26)36(24)23-9-5-3-2-4-6-10-23;37-29(33-19-21-13-12-20(18-32-21)31(39)40)28-30(38)36(27-11-7-6-10-26(27)34-28)25-16-23-14-15-24(17-25)35(23)22-8-4-2-1-3-5-9-22;28-23-22(24(29)30)25-20-10-6-7-11-21(20)27(23)19-14-17-12-13-18(15-19)26(17)16-8-4-2-1-3-5-9-16;1-12-8(11)6-2-3-7(4-9)10-5-6;;1-2;;;/h7-8,11-14,19,23-26H,2-6,9-10,15-18,20H2,1H3,(H,34,38);6-7,10-13,18,22-25H,1-5,8-9,14-17,19H2,(H,33,37)(H,39,40);6-7,10-11,16-19H,1-5,8-9,12-15H2,(H,29,30);2-3,5H,4,9H2,1H3;1H;;1H;;1H2/q;;;;;;;+1;/p-1/t24-,25+,26?;23-,24+,25?;17-,18+,19?;;;;;;. The Hall–Kier alpha value is -9.77. The average Bonchev–Trinajstić information content (AvgIpc) is 1.68. The van der Waals surface area contributed by atoms with Crippen LogP contribution >= 0.6 is 12.4 Å². The van der Waals surface area contributed by atoms with Crippen LogP contribution < -0.4 is 62.6 Å². The molecule has 3 aliphatic carbocycles. The van der Waals surface area contributed by atoms with Crippen LogP contribution in [0.4, 0.5) is 13.9 Å². The Morgan fingerprint density at radius 2 is 0.651 bits per heavy atom. The summed E-state index contributed by atoms with van der Waals surface area (Å²) in [5, 5.41) is 24.2. The average molecular weight is 1810 g/mol. The van der Waals surface area contributed by atoms with E-state index in [9.17, 15) is 48.3 Å². The van der Waals surface area contributed by atoms with Gasteiger partial charge in [-0.05, 0) is 188 Å². The quantitative estimate of drug-likeness (QED) is 0.0417. The Labute approximate surface area is 776 Å². The first kappa shape index (κ1) is 101. The molecule has 129 heavy (non-hydrogen) atoms. The number of pyridine rings is 3. The van der Waals surface area contributed by atoms with Crippen LogP contribution in [0.5, 0.6) is 0 Å². The fourth-order valence-electron chi connectivity index (χ4n) is 21.9. The number of para-hydroxylation sites is 6. The fraction of sp³-hybridized carbons (Fsp3) is 0.526. The van der Waals surface area contributed by atoms with Crippen LogP contribution in [0, 0.1) is 0 Å². The van der Waals surface area contributed by atoms with Gasteiger partial charge >= 0.3 is 53.4 Å². The minimum atomic E-state index is -1.24. The summed E-state index contributed by atoms with van der Waals surface area (Å²) < 4.78 is 30.7. The molecule has 34 heteroatoms. The van der Waals surface area contributed by atoms with E-state index in [1.54, 1.807) is 41.0 Å². The second-order valence-electron chi connectivity index (χ2n) is 35.0. The van der Waals surface area contributed by atoms with E-state index in [2.05, 4.69) is 60.0 Å². The van der Waals surface area contributed by atoms with Crippen molar-refractivity contribution in [2.45, 2.75) is 304 Å². The van der Waals surface area contributed by atoms with Gasteiger partial charge in [0.25, 0.3) is 28.5 Å². The van der Waals surface area contributed by atoms with E-state index in [1.807, 2.05) is 75.9 Å². The molecule has 3 saturated carbocycles. The number of amides is 2. The molecule has 6 bridgehead atoms. The second kappa shape index (κ2) is 48.4. The number of hydrogen-bond donors (Lipinski definition) is 5. The molecule has 18 rings (SSSR count). The molecular formula is C95H120ClF3N15NaO14. The third kappa shape index (κ3) is 24.0. The monoisotopic (exact) mass is 1810 g/mol. The molecule has 2 amide bonds. The number of esters is 2. The SMILES string of the molecule is COC(=O)c1ccc(CN)nc1.COC(=O)c1ccc(CNC(=O)c2nc3ccccc3n(C3C[C@H]4CC[C@@H](C3)N4C3CCCCCCC3)c2=O)nc1.Cl.F.FF.O=C(O)c1ccc(CNC(=O)c2nc3ccccc3n(C3C[C@H]4CC[C@@H](C3)N4C3CCCCCCC3)c2=O)nc1.O=C(O)c1nc2ccccc2n(C2C[C@H]3CC[C@@H](C2)N3C2CCCCCCC2)c1=O.[Na+].[OH-]. The number of halogens is 4. The molecule has 9 aromatic rings. The molecule has 9 atom stereocenters. The number of rotatable bonds is 17. The van der Waals surface area contributed by atoms with Crippen molar-refractivity contribution >= 4 is 81.2 Å². The van der Waals surface area contributed by atoms with Gasteiger partial charge in [-0.3, -0.25) is 58.3 Å². The summed E-state index contributed by atoms with van der Waals surface area (Å²) in [5.41, 5.74) is 10.5. The molecule has 7 N–H and O–H groups in total. The number of nitrogens with zero attached hydrogens (tertiary/aromatic N) is 12. The molecule has 12 heterocycles. The van der Waals surface area contributed by atoms with Crippen LogP contribution in [0.1, 0.15) is 310 Å². The Bertz CT molecular complexity index is 5400. The normalized spacial score (nSPS) is 22.4. The third-order valence-electron chi connectivity index (χ3n) is 27.5. The molecule has 29 nitrogen and oxygen atoms in total. The van der Waals surface area contributed by atoms with E-state index in [-0.39, 0.29) is 123 Å². The molecule has 6 aliphatic heterocycles. The number of carboxylic acids is 2. The predicted octanol–water partition coefficient (Wildman–Crippen LogP) is 12.4. The number of benzene rings is 3. The van der Waals surface area contributed by atoms with Gasteiger partial charge in [0.2, 0.25) is 5.69 Å². The van der Waals surface area contributed by atoms with Crippen molar-refractivity contribution in [3.05, 3.63) is 210 Å². The number of aromatic carboxylic acids is 2. The molecule has 6 saturated heterocycles. The van der Waals surface area contributed by atoms with Gasteiger partial charge in [-0.1, -0.05) is 133 Å². The van der Waals surface area contributed by atoms with Gasteiger partial charge in [-0.25, -0.2) is 34.1 Å². The van der Waals surface area contributed by atoms with Crippen LogP contribution in [0.2, 0.25) is 0 Å². The van der Waals surface area contributed by atoms with E-state index < -0.39 is 35.3 Å². The first-order valence-corrected chi connectivity index (χ1v) is 45.2. The van der Waals surface area contributed by atoms with E-state index >= 15 is 0 Å². The molecule has 3 aromatic carbocycles. The van der Waals surface area contributed by atoms with Crippen molar-refractivity contribution in [1.29, 1.82) is 0 Å². The minimum Gasteiger partial charge on any atom is -0.870 e. The van der Waals surface area contributed by atoms with Crippen molar-refractivity contribution in [2.24, 2.45) is 5.73 Å². The van der Waals surface area contributed by atoms with Crippen LogP contribution in [-0.2, 0) is 29.1 Å². The van der Waals surface area contributed by atoms with E-state index in [0.29, 0.717) is 100.0 Å². The van der Waals surface area contributed by atoms with Crippen molar-refractivity contribution in [1.82, 2.24) is 68.9 Å². The smallest absolute Gasteiger partial charge is 0.870 e. The summed E-state index contributed by atoms with van der Waals surface area (Å²) >= 11 is 0. The van der Waals surface area contributed by atoms with E-state index in [0.717, 1.165) is 60.8 Å². The number of methoxy groups -OCH3 is 2. The molecule has 6 aromatic heterocycles. The number of nitrogens with one attached hydrogen (secondary N) is 2. The maximum Gasteiger partial charge on any atom is 1.00 e. The van der Waals surface area contributed by atoms with Gasteiger partial charge < -0.3 is 55.2 Å². The molecule has 688 valence electrons. The van der Waals surface area contributed by atoms with Crippen molar-refractivity contribution in [3.8, 4) is 0 Å². The van der Waals surface area contributed by atoms with Crippen molar-refractivity contribution in [3.63, 3.8) is 0 Å². The number of carbonyl (C=O) groups excluding carboxylic acids is 4. The Kier molecular flexibility index (Phi) is 38.0. The Balaban J connectivity index is 0.000000186. The summed E-state index contributed by atoms with van der Waals surface area (Å²) in [6.45, 7) is 0.552. The van der Waals surface area contributed by atoms with E-state index in [1.165, 1.54) is 212 Å². The zero-order valence-electron chi connectivity index (χ0n) is 73.9. The van der Waals surface area contributed by atoms with Crippen LogP contribution in [0.25, 0.3) is 33.1 Å². The van der Waals surface area contributed by atoms with Gasteiger partial charge in [0.05, 0.1) is 94.2 Å². The zero-order valence-corrected chi connectivity index (χ0v) is 76.7. The number of carboxylic acid groups (broad SMARTS) is 2. The number of carbonyl (C=O) groups is 6. The number of hydrogen-bond acceptors (Lipinski definition) is 22. The third-order valence-corrected chi connectivity index (χ3v) is 27.5. The van der Waals surface area contributed by atoms with Gasteiger partial charge in [0.1, 0.15) is 0 Å². The molecule has 9 aliphatic rings. The fourth-order valence-corrected chi connectivity index (χ4v) is 21.9. The van der Waals surface area contributed by atoms with Crippen LogP contribution in [-0.4, -0.2) is 178 Å². The van der Waals surface area contributed by atoms with Gasteiger partial charge in [-0.15, -0.1) is 12.4 Å². The number of fused-ring (bicyclic) bond motifs is 9. The zero-order chi connectivity index (χ0) is 87.6. The summed E-state index contributed by atoms with van der Waals surface area (Å²) in [4.78, 5) is 147. The van der Waals surface area contributed by atoms with Crippen LogP contribution in [0.3, 0.4) is 0 Å². The van der Waals surface area contributed by atoms with Crippen molar-refractivity contribution < 1.29 is 97.3 Å². The molecule has 0 radical (unpaired) electrons. The largest absolute Gasteiger partial charge is 1.00 e. The Morgan fingerprint density at radius 1 is 0.380 bits per heavy atom. The van der Waals surface area contributed by atoms with E-state index in [4.69, 9.17) is 24.7 Å². The first-order valence-electron chi connectivity index (χ1n) is 45.2. The maximum atomic E-state index is 13.9. The Morgan fingerprint density at radius 3 is 0.922 bits per heavy atom. The first-order chi connectivity index (χ1) is 60.9. The topological polar surface area (TPSA) is 394 Å². The number of ether oxygens (including phenoxy) is 2. The number of aromatic nitrogens is 9. The molecular weight excluding hydrogens is 1690 g/mol. The molecule has 0 spiro atoms. The summed E-state index contributed by atoms with van der Waals surface area (Å²) in [6, 6.07) is 37.3. The number of nitrogens with two attached hydrogens (primary N) is 1. The minimum absolute atomic E-state index is 0. The molecule has 3 unspecified atom stereocenters. The summed E-state index contributed by atoms with van der Waals surface area (Å²) in [6.07, 6.45) is 44.7. The van der Waals surface area contributed by atoms with Gasteiger partial charge in [-0.2, -0.15) is 0 Å². The maximum absolute atomic E-state index is 13.9. The summed E-state index contributed by atoms with van der Waals surface area (Å²) in [5.74, 6) is -4.24.